The van der Waals surface area contributed by atoms with Crippen molar-refractivity contribution >= 4 is 5.70 Å². The van der Waals surface area contributed by atoms with Crippen molar-refractivity contribution in [3.63, 3.8) is 0 Å². The third kappa shape index (κ3) is 4.76. The highest BCUT2D eigenvalue weighted by molar-refractivity contribution is 5.75. The molecule has 0 amide bonds. The smallest absolute Gasteiger partial charge is 0.239 e. The fourth-order valence-electron chi connectivity index (χ4n) is 5.03. The first-order valence-electron chi connectivity index (χ1n) is 13.9. The maximum absolute atomic E-state index is 10.3. The van der Waals surface area contributed by atoms with Crippen LogP contribution in [0.15, 0.2) is 107 Å². The van der Waals surface area contributed by atoms with E-state index in [0.29, 0.717) is 16.1 Å². The van der Waals surface area contributed by atoms with Gasteiger partial charge in [0.15, 0.2) is 34.9 Å². The standard InChI is InChI=1S/C34H11N15/c1-16(38-2)29-43-23-11-9-17(19(13-35)26(23)45-29)30-47-31(18-10-12-24-27(20(18)14-36)46-32(44-24)25(15-37)39-3)49-34(48-30)28(40-4)33-41-21-7-5-6-8-22(21)42-33/h5-12H,1H3/b29-16-,32-25+. The van der Waals surface area contributed by atoms with Crippen molar-refractivity contribution < 1.29 is 0 Å². The van der Waals surface area contributed by atoms with Gasteiger partial charge in [-0.2, -0.15) is 10.5 Å². The van der Waals surface area contributed by atoms with Crippen LogP contribution in [0.3, 0.4) is 0 Å². The summed E-state index contributed by atoms with van der Waals surface area (Å²) in [5, 5.41) is 32.0. The molecule has 49 heavy (non-hydrogen) atoms. The van der Waals surface area contributed by atoms with Gasteiger partial charge in [-0.15, -0.1) is 0 Å². The van der Waals surface area contributed by atoms with Crippen molar-refractivity contribution in [1.29, 1.82) is 15.8 Å². The molecular weight excluding hydrogens is 618 g/mol. The number of nitrogens with zero attached hydrogens (tertiary/aromatic N) is 15. The zero-order chi connectivity index (χ0) is 34.2. The lowest BCUT2D eigenvalue weighted by Crippen LogP contribution is -2.26. The van der Waals surface area contributed by atoms with E-state index < -0.39 is 0 Å². The van der Waals surface area contributed by atoms with Crippen LogP contribution < -0.4 is 32.1 Å². The second-order valence-electron chi connectivity index (χ2n) is 10.1. The summed E-state index contributed by atoms with van der Waals surface area (Å²) in [6, 6.07) is 19.3. The third-order valence-electron chi connectivity index (χ3n) is 7.33. The summed E-state index contributed by atoms with van der Waals surface area (Å²) in [6.07, 6.45) is 0. The van der Waals surface area contributed by atoms with Gasteiger partial charge in [0.05, 0.1) is 58.3 Å². The van der Waals surface area contributed by atoms with Crippen LogP contribution in [-0.2, 0) is 0 Å². The normalized spacial score (nSPS) is 14.7. The second-order valence-corrected chi connectivity index (χ2v) is 10.1. The summed E-state index contributed by atoms with van der Waals surface area (Å²) >= 11 is 0. The van der Waals surface area contributed by atoms with Gasteiger partial charge in [-0.05, 0) is 43.3 Å². The van der Waals surface area contributed by atoms with E-state index in [-0.39, 0.29) is 90.4 Å². The van der Waals surface area contributed by atoms with Crippen molar-refractivity contribution in [2.45, 2.75) is 6.92 Å². The number of hydrogen-bond donors (Lipinski definition) is 0. The number of hydrogen-bond acceptors (Lipinski definition) is 12. The molecule has 0 spiro atoms. The van der Waals surface area contributed by atoms with E-state index in [4.69, 9.17) is 19.7 Å². The molecule has 4 aromatic rings. The summed E-state index contributed by atoms with van der Waals surface area (Å²) in [5.41, 5.74) is 0.268. The molecule has 1 aromatic heterocycles. The predicted octanol–water partition coefficient (Wildman–Crippen LogP) is 1.67. The molecule has 15 heteroatoms. The monoisotopic (exact) mass is 629 g/mol. The Bertz CT molecular complexity index is 2960. The van der Waals surface area contributed by atoms with E-state index in [1.807, 2.05) is 0 Å². The molecule has 0 unspecified atom stereocenters. The Labute approximate surface area is 274 Å². The molecule has 0 fully saturated rings. The molecule has 0 saturated carbocycles. The average molecular weight is 630 g/mol. The van der Waals surface area contributed by atoms with Gasteiger partial charge in [0, 0.05) is 11.1 Å². The van der Waals surface area contributed by atoms with E-state index in [1.54, 1.807) is 55.5 Å². The first kappa shape index (κ1) is 29.3. The first-order chi connectivity index (χ1) is 23.9. The minimum absolute atomic E-state index is 0.00561. The maximum Gasteiger partial charge on any atom is 0.305 e. The lowest BCUT2D eigenvalue weighted by molar-refractivity contribution is 1.02. The van der Waals surface area contributed by atoms with Crippen LogP contribution in [0.4, 0.5) is 0 Å². The van der Waals surface area contributed by atoms with E-state index in [9.17, 15) is 15.8 Å². The molecule has 0 N–H and O–H groups in total. The van der Waals surface area contributed by atoms with Crippen LogP contribution in [0.25, 0.3) is 43.0 Å². The van der Waals surface area contributed by atoms with Gasteiger partial charge < -0.3 is 0 Å². The van der Waals surface area contributed by atoms with E-state index in [1.165, 1.54) is 6.07 Å². The molecule has 0 bridgehead atoms. The van der Waals surface area contributed by atoms with Gasteiger partial charge in [0.1, 0.15) is 22.9 Å². The number of nitriles is 3. The molecule has 0 radical (unpaired) electrons. The van der Waals surface area contributed by atoms with Gasteiger partial charge in [0.2, 0.25) is 5.70 Å². The van der Waals surface area contributed by atoms with Crippen LogP contribution in [0.1, 0.15) is 23.9 Å². The largest absolute Gasteiger partial charge is 0.305 e. The third-order valence-corrected chi connectivity index (χ3v) is 7.33. The van der Waals surface area contributed by atoms with Crippen LogP contribution in [0.2, 0.25) is 0 Å². The van der Waals surface area contributed by atoms with Crippen molar-refractivity contribution in [3.8, 4) is 41.0 Å². The van der Waals surface area contributed by atoms with Gasteiger partial charge in [-0.1, -0.05) is 12.1 Å². The summed E-state index contributed by atoms with van der Waals surface area (Å²) in [4.78, 5) is 50.4. The molecule has 0 aliphatic carbocycles. The highest BCUT2D eigenvalue weighted by atomic mass is 15.1. The van der Waals surface area contributed by atoms with Crippen molar-refractivity contribution in [3.05, 3.63) is 161 Å². The fraction of sp³-hybridized carbons (Fsp3) is 0.0294. The van der Waals surface area contributed by atoms with Gasteiger partial charge >= 0.3 is 5.70 Å². The molecule has 3 aliphatic heterocycles. The summed E-state index contributed by atoms with van der Waals surface area (Å²) in [6.45, 7) is 24.2. The zero-order valence-corrected chi connectivity index (χ0v) is 24.8. The Morgan fingerprint density at radius 2 is 1.12 bits per heavy atom. The summed E-state index contributed by atoms with van der Waals surface area (Å²) in [7, 11) is 0. The van der Waals surface area contributed by atoms with Crippen molar-refractivity contribution in [2.24, 2.45) is 30.0 Å². The van der Waals surface area contributed by atoms with Crippen molar-refractivity contribution in [2.75, 3.05) is 0 Å². The van der Waals surface area contributed by atoms with Crippen LogP contribution in [0, 0.1) is 53.7 Å². The van der Waals surface area contributed by atoms with E-state index in [0.717, 1.165) is 0 Å². The Morgan fingerprint density at radius 1 is 0.592 bits per heavy atom. The van der Waals surface area contributed by atoms with Crippen LogP contribution in [-0.4, -0.2) is 15.0 Å². The molecular formula is C34H11N15. The lowest BCUT2D eigenvalue weighted by Gasteiger charge is -2.10. The van der Waals surface area contributed by atoms with Gasteiger partial charge in [0.25, 0.3) is 5.70 Å². The Morgan fingerprint density at radius 3 is 1.61 bits per heavy atom. The minimum atomic E-state index is -0.341. The number of allylic oxidation sites excluding steroid dienone is 2. The van der Waals surface area contributed by atoms with E-state index >= 15 is 0 Å². The molecule has 3 aliphatic rings. The van der Waals surface area contributed by atoms with Crippen LogP contribution >= 0.6 is 0 Å². The Kier molecular flexibility index (Phi) is 6.90. The zero-order valence-electron chi connectivity index (χ0n) is 24.8. The fourth-order valence-corrected chi connectivity index (χ4v) is 5.03. The van der Waals surface area contributed by atoms with Crippen LogP contribution in [0.5, 0.6) is 0 Å². The quantitative estimate of drug-likeness (QED) is 0.244. The number of rotatable bonds is 3. The average Bonchev–Trinajstić information content (AvgIpc) is 3.88. The molecule has 222 valence electrons. The molecule has 7 rings (SSSR count). The lowest BCUT2D eigenvalue weighted by atomic mass is 10.0. The second kappa shape index (κ2) is 11.5. The molecule has 0 atom stereocenters. The summed E-state index contributed by atoms with van der Waals surface area (Å²) < 4.78 is 0. The minimum Gasteiger partial charge on any atom is -0.239 e. The molecule has 4 heterocycles. The Hall–Kier alpha value is -8.37. The van der Waals surface area contributed by atoms with Gasteiger partial charge in [-0.3, -0.25) is 0 Å². The number of benzene rings is 3. The van der Waals surface area contributed by atoms with E-state index in [2.05, 4.69) is 71.6 Å². The molecule has 0 saturated heterocycles. The van der Waals surface area contributed by atoms with Crippen molar-refractivity contribution in [1.82, 2.24) is 15.0 Å². The first-order valence-corrected chi connectivity index (χ1v) is 13.9. The topological polar surface area (TPSA) is 197 Å². The molecule has 3 aromatic carbocycles. The maximum atomic E-state index is 10.3. The number of fused-ring (bicyclic) bond motifs is 3. The highest BCUT2D eigenvalue weighted by Gasteiger charge is 2.24. The Balaban J connectivity index is 1.54. The highest BCUT2D eigenvalue weighted by Crippen LogP contribution is 2.28. The number of aromatic nitrogens is 3. The SMILES string of the molecule is [C-]#[N+]C(=C1N=c2ccccc2=N1)c1nc(-c2ccc3c(c2C#N)=N/C(=C(/C)[N+]#[C-])N=3)nc(-c2ccc3c(c2C#N)=N/C(=C(\C#N)[N+]#[C-])N=3)n1. The summed E-state index contributed by atoms with van der Waals surface area (Å²) in [5.74, 6) is -0.102. The number of para-hydroxylation sites is 2. The van der Waals surface area contributed by atoms with Gasteiger partial charge in [-0.25, -0.2) is 64.7 Å². The molecule has 15 nitrogen and oxygen atoms in total. The predicted molar refractivity (Wildman–Crippen MR) is 166 cm³/mol.